The van der Waals surface area contributed by atoms with E-state index in [1.807, 2.05) is 0 Å². The fourth-order valence-corrected chi connectivity index (χ4v) is 2.79. The molecular formula is C18H20FN3O3. The van der Waals surface area contributed by atoms with E-state index in [2.05, 4.69) is 10.3 Å². The first-order valence-corrected chi connectivity index (χ1v) is 8.23. The number of likely N-dealkylation sites (tertiary alicyclic amines) is 1. The van der Waals surface area contributed by atoms with Gasteiger partial charge in [-0.25, -0.2) is 14.2 Å². The fourth-order valence-electron chi connectivity index (χ4n) is 2.79. The lowest BCUT2D eigenvalue weighted by Crippen LogP contribution is -2.47. The summed E-state index contributed by atoms with van der Waals surface area (Å²) < 4.78 is 18.4. The minimum Gasteiger partial charge on any atom is -0.439 e. The number of hydrogen-bond acceptors (Lipinski definition) is 4. The molecule has 1 fully saturated rings. The first-order valence-electron chi connectivity index (χ1n) is 8.23. The van der Waals surface area contributed by atoms with Gasteiger partial charge in [0.2, 0.25) is 5.88 Å². The number of ether oxygens (including phenoxy) is 1. The van der Waals surface area contributed by atoms with E-state index in [-0.39, 0.29) is 24.5 Å². The largest absolute Gasteiger partial charge is 0.439 e. The zero-order valence-electron chi connectivity index (χ0n) is 13.7. The molecule has 1 atom stereocenters. The highest BCUT2D eigenvalue weighted by molar-refractivity contribution is 5.89. The molecule has 3 rings (SSSR count). The maximum atomic E-state index is 12.9. The van der Waals surface area contributed by atoms with Gasteiger partial charge in [-0.15, -0.1) is 0 Å². The molecule has 0 spiro atoms. The van der Waals surface area contributed by atoms with Crippen molar-refractivity contribution in [3.63, 3.8) is 0 Å². The number of nitrogens with zero attached hydrogens (tertiary/aromatic N) is 2. The van der Waals surface area contributed by atoms with E-state index < -0.39 is 0 Å². The van der Waals surface area contributed by atoms with E-state index in [4.69, 9.17) is 4.74 Å². The van der Waals surface area contributed by atoms with Crippen LogP contribution in [0.1, 0.15) is 19.3 Å². The van der Waals surface area contributed by atoms with E-state index in [0.29, 0.717) is 23.9 Å². The van der Waals surface area contributed by atoms with Crippen LogP contribution < -0.4 is 10.1 Å². The number of anilines is 1. The lowest BCUT2D eigenvalue weighted by molar-refractivity contribution is 0.115. The van der Waals surface area contributed by atoms with Gasteiger partial charge in [-0.1, -0.05) is 0 Å². The van der Waals surface area contributed by atoms with Crippen molar-refractivity contribution in [3.05, 3.63) is 48.4 Å². The number of hydrogen-bond donors (Lipinski definition) is 2. The lowest BCUT2D eigenvalue weighted by atomic mass is 10.0. The molecular weight excluding hydrogens is 325 g/mol. The van der Waals surface area contributed by atoms with Crippen LogP contribution in [0, 0.1) is 5.82 Å². The molecule has 0 saturated carbocycles. The summed E-state index contributed by atoms with van der Waals surface area (Å²) in [6, 6.07) is 8.56. The predicted octanol–water partition coefficient (Wildman–Crippen LogP) is 3.39. The Balaban J connectivity index is 1.60. The number of pyridine rings is 1. The predicted molar refractivity (Wildman–Crippen MR) is 91.2 cm³/mol. The molecule has 1 saturated heterocycles. The number of aromatic nitrogens is 1. The molecule has 1 aromatic heterocycles. The Kier molecular flexibility index (Phi) is 5.45. The molecule has 1 aliphatic rings. The fraction of sp³-hybridized carbons (Fsp3) is 0.333. The highest BCUT2D eigenvalue weighted by atomic mass is 19.1. The number of rotatable bonds is 4. The van der Waals surface area contributed by atoms with Crippen molar-refractivity contribution in [2.24, 2.45) is 0 Å². The van der Waals surface area contributed by atoms with Gasteiger partial charge in [-0.2, -0.15) is 0 Å². The van der Waals surface area contributed by atoms with Crippen molar-refractivity contribution in [2.45, 2.75) is 25.3 Å². The standard InChI is InChI=1S/C18H20FN3O3/c19-13-4-7-16(8-5-13)25-17-9-6-14(11-20-17)21-18(24)22-10-2-1-3-15(22)12-23/h4-9,11,15,23H,1-3,10,12H2,(H,21,24). The normalized spacial score (nSPS) is 17.2. The van der Waals surface area contributed by atoms with Gasteiger partial charge in [0, 0.05) is 12.6 Å². The second-order valence-electron chi connectivity index (χ2n) is 5.90. The van der Waals surface area contributed by atoms with Crippen LogP contribution in [0.5, 0.6) is 11.6 Å². The van der Waals surface area contributed by atoms with Crippen LogP contribution >= 0.6 is 0 Å². The molecule has 7 heteroatoms. The van der Waals surface area contributed by atoms with Gasteiger partial charge < -0.3 is 20.1 Å². The van der Waals surface area contributed by atoms with Gasteiger partial charge in [-0.05, 0) is 49.6 Å². The number of nitrogens with one attached hydrogen (secondary N) is 1. The van der Waals surface area contributed by atoms with Crippen LogP contribution in [0.15, 0.2) is 42.6 Å². The summed E-state index contributed by atoms with van der Waals surface area (Å²) >= 11 is 0. The van der Waals surface area contributed by atoms with Crippen molar-refractivity contribution in [1.29, 1.82) is 0 Å². The molecule has 1 aliphatic heterocycles. The molecule has 1 aromatic carbocycles. The number of urea groups is 1. The van der Waals surface area contributed by atoms with Crippen molar-refractivity contribution >= 4 is 11.7 Å². The summed E-state index contributed by atoms with van der Waals surface area (Å²) in [5.41, 5.74) is 0.540. The van der Waals surface area contributed by atoms with E-state index in [1.54, 1.807) is 17.0 Å². The van der Waals surface area contributed by atoms with Crippen LogP contribution in [0.3, 0.4) is 0 Å². The number of amides is 2. The Bertz CT molecular complexity index is 707. The van der Waals surface area contributed by atoms with Crippen molar-refractivity contribution in [2.75, 3.05) is 18.5 Å². The van der Waals surface area contributed by atoms with Crippen LogP contribution in [-0.4, -0.2) is 40.2 Å². The molecule has 2 N–H and O–H groups in total. The third-order valence-electron chi connectivity index (χ3n) is 4.12. The Labute approximate surface area is 145 Å². The lowest BCUT2D eigenvalue weighted by Gasteiger charge is -2.34. The van der Waals surface area contributed by atoms with E-state index >= 15 is 0 Å². The third-order valence-corrected chi connectivity index (χ3v) is 4.12. The van der Waals surface area contributed by atoms with Crippen molar-refractivity contribution in [1.82, 2.24) is 9.88 Å². The smallest absolute Gasteiger partial charge is 0.322 e. The highest BCUT2D eigenvalue weighted by Gasteiger charge is 2.26. The van der Waals surface area contributed by atoms with Crippen LogP contribution in [0.4, 0.5) is 14.9 Å². The van der Waals surface area contributed by atoms with Crippen LogP contribution in [-0.2, 0) is 0 Å². The molecule has 6 nitrogen and oxygen atoms in total. The van der Waals surface area contributed by atoms with E-state index in [0.717, 1.165) is 19.3 Å². The zero-order chi connectivity index (χ0) is 17.6. The van der Waals surface area contributed by atoms with Gasteiger partial charge in [0.05, 0.1) is 24.5 Å². The highest BCUT2D eigenvalue weighted by Crippen LogP contribution is 2.22. The molecule has 0 radical (unpaired) electrons. The Morgan fingerprint density at radius 2 is 2.08 bits per heavy atom. The second kappa shape index (κ2) is 7.94. The summed E-state index contributed by atoms with van der Waals surface area (Å²) in [4.78, 5) is 18.1. The van der Waals surface area contributed by atoms with Crippen LogP contribution in [0.2, 0.25) is 0 Å². The number of aliphatic hydroxyl groups is 1. The maximum absolute atomic E-state index is 12.9. The number of aliphatic hydroxyl groups excluding tert-OH is 1. The van der Waals surface area contributed by atoms with E-state index in [1.165, 1.54) is 30.5 Å². The Hall–Kier alpha value is -2.67. The minimum absolute atomic E-state index is 0.0316. The zero-order valence-corrected chi connectivity index (χ0v) is 13.7. The molecule has 0 bridgehead atoms. The van der Waals surface area contributed by atoms with Gasteiger partial charge in [0.1, 0.15) is 11.6 Å². The minimum atomic E-state index is -0.336. The SMILES string of the molecule is O=C(Nc1ccc(Oc2ccc(F)cc2)nc1)N1CCCCC1CO. The van der Waals surface area contributed by atoms with Crippen molar-refractivity contribution < 1.29 is 19.0 Å². The quantitative estimate of drug-likeness (QED) is 0.891. The number of benzene rings is 1. The summed E-state index contributed by atoms with van der Waals surface area (Å²) in [5.74, 6) is 0.484. The molecule has 2 amide bonds. The molecule has 2 aromatic rings. The number of carbonyl (C=O) groups excluding carboxylic acids is 1. The van der Waals surface area contributed by atoms with E-state index in [9.17, 15) is 14.3 Å². The molecule has 0 aliphatic carbocycles. The van der Waals surface area contributed by atoms with Crippen molar-refractivity contribution in [3.8, 4) is 11.6 Å². The molecule has 25 heavy (non-hydrogen) atoms. The van der Waals surface area contributed by atoms with Crippen LogP contribution in [0.25, 0.3) is 0 Å². The first kappa shape index (κ1) is 17.2. The average molecular weight is 345 g/mol. The Morgan fingerprint density at radius 3 is 2.76 bits per heavy atom. The maximum Gasteiger partial charge on any atom is 0.322 e. The average Bonchev–Trinajstić information content (AvgIpc) is 2.65. The number of piperidine rings is 1. The molecule has 132 valence electrons. The van der Waals surface area contributed by atoms with Gasteiger partial charge in [-0.3, -0.25) is 0 Å². The monoisotopic (exact) mass is 345 g/mol. The van der Waals surface area contributed by atoms with Gasteiger partial charge in [0.15, 0.2) is 0 Å². The Morgan fingerprint density at radius 1 is 1.28 bits per heavy atom. The van der Waals surface area contributed by atoms with Gasteiger partial charge >= 0.3 is 6.03 Å². The summed E-state index contributed by atoms with van der Waals surface area (Å²) in [7, 11) is 0. The first-order chi connectivity index (χ1) is 12.2. The summed E-state index contributed by atoms with van der Waals surface area (Å²) in [6.07, 6.45) is 4.26. The molecule has 1 unspecified atom stereocenters. The summed E-state index contributed by atoms with van der Waals surface area (Å²) in [6.45, 7) is 0.604. The number of halogens is 1. The third kappa shape index (κ3) is 4.45. The summed E-state index contributed by atoms with van der Waals surface area (Å²) in [5, 5.41) is 12.2. The molecule has 2 heterocycles. The number of carbonyl (C=O) groups is 1. The topological polar surface area (TPSA) is 74.7 Å². The van der Waals surface area contributed by atoms with Gasteiger partial charge in [0.25, 0.3) is 0 Å². The second-order valence-corrected chi connectivity index (χ2v) is 5.90.